The van der Waals surface area contributed by atoms with Gasteiger partial charge in [0, 0.05) is 35.1 Å². The lowest BCUT2D eigenvalue weighted by atomic mass is 9.62. The zero-order chi connectivity index (χ0) is 26.5. The maximum Gasteiger partial charge on any atom is 0.417 e. The van der Waals surface area contributed by atoms with Gasteiger partial charge in [-0.2, -0.15) is 13.2 Å². The zero-order valence-corrected chi connectivity index (χ0v) is 20.9. The number of carbonyl (C=O) groups is 2. The van der Waals surface area contributed by atoms with Crippen molar-refractivity contribution in [1.82, 2.24) is 0 Å². The van der Waals surface area contributed by atoms with Gasteiger partial charge >= 0.3 is 6.18 Å². The van der Waals surface area contributed by atoms with E-state index in [9.17, 15) is 27.2 Å². The molecule has 3 nitrogen and oxygen atoms in total. The van der Waals surface area contributed by atoms with Crippen LogP contribution in [0, 0.1) is 23.1 Å². The molecule has 0 spiro atoms. The number of hydrogen-bond acceptors (Lipinski definition) is 3. The van der Waals surface area contributed by atoms with Gasteiger partial charge in [0.1, 0.15) is 11.6 Å². The number of aliphatic imine (C=N–C) groups is 1. The Morgan fingerprint density at radius 1 is 0.946 bits per heavy atom. The third kappa shape index (κ3) is 4.80. The average Bonchev–Trinajstić information content (AvgIpc) is 3.37. The largest absolute Gasteiger partial charge is 0.417 e. The van der Waals surface area contributed by atoms with Gasteiger partial charge in [0.25, 0.3) is 0 Å². The summed E-state index contributed by atoms with van der Waals surface area (Å²) in [5, 5.41) is 0. The lowest BCUT2D eigenvalue weighted by Crippen LogP contribution is -2.44. The van der Waals surface area contributed by atoms with Crippen molar-refractivity contribution < 1.29 is 27.2 Å². The van der Waals surface area contributed by atoms with E-state index in [1.54, 1.807) is 0 Å². The molecule has 2 unspecified atom stereocenters. The normalized spacial score (nSPS) is 24.2. The molecule has 0 aromatic heterocycles. The van der Waals surface area contributed by atoms with Crippen LogP contribution in [-0.4, -0.2) is 17.3 Å². The summed E-state index contributed by atoms with van der Waals surface area (Å²) >= 11 is 0. The number of nitrogens with zero attached hydrogens (tertiary/aromatic N) is 1. The maximum atomic E-state index is 14.2. The van der Waals surface area contributed by atoms with Crippen LogP contribution >= 0.6 is 0 Å². The Morgan fingerprint density at radius 3 is 2.24 bits per heavy atom. The third-order valence-corrected chi connectivity index (χ3v) is 7.90. The maximum absolute atomic E-state index is 14.2. The molecule has 2 atom stereocenters. The molecular weight excluding hydrogens is 482 g/mol. The number of halogens is 4. The predicted molar refractivity (Wildman–Crippen MR) is 133 cm³/mol. The summed E-state index contributed by atoms with van der Waals surface area (Å²) in [6.07, 6.45) is -0.460. The van der Waals surface area contributed by atoms with Crippen molar-refractivity contribution in [3.05, 3.63) is 82.3 Å². The molecule has 2 aliphatic carbocycles. The van der Waals surface area contributed by atoms with E-state index in [0.717, 1.165) is 31.7 Å². The van der Waals surface area contributed by atoms with Crippen molar-refractivity contribution >= 4 is 17.3 Å². The summed E-state index contributed by atoms with van der Waals surface area (Å²) in [4.78, 5) is 32.7. The first-order valence-corrected chi connectivity index (χ1v) is 12.8. The number of carbonyl (C=O) groups excluding carboxylic acids is 2. The second kappa shape index (κ2) is 9.34. The molecule has 2 aromatic carbocycles. The number of fused-ring (bicyclic) bond motifs is 1. The smallest absolute Gasteiger partial charge is 0.299 e. The predicted octanol–water partition coefficient (Wildman–Crippen LogP) is 7.72. The molecule has 3 aliphatic rings. The first kappa shape index (κ1) is 25.6. The van der Waals surface area contributed by atoms with Crippen LogP contribution in [0.5, 0.6) is 0 Å². The van der Waals surface area contributed by atoms with Gasteiger partial charge in [0.15, 0.2) is 5.78 Å². The SMILES string of the molecule is CC1(C)CC(=O)C2C(=NC(C3CCCC3)=C(C(=O)c3ccccc3C(F)(F)F)C2c2ccc(F)cc2)C1. The highest BCUT2D eigenvalue weighted by atomic mass is 19.4. The molecule has 1 heterocycles. The number of benzene rings is 2. The van der Waals surface area contributed by atoms with Gasteiger partial charge < -0.3 is 0 Å². The van der Waals surface area contributed by atoms with E-state index < -0.39 is 40.7 Å². The van der Waals surface area contributed by atoms with Gasteiger partial charge in [-0.25, -0.2) is 4.39 Å². The fourth-order valence-corrected chi connectivity index (χ4v) is 6.33. The number of allylic oxidation sites excluding steroid dienone is 2. The van der Waals surface area contributed by atoms with Crippen LogP contribution in [0.1, 0.15) is 79.8 Å². The summed E-state index contributed by atoms with van der Waals surface area (Å²) in [5.74, 6) is -2.98. The summed E-state index contributed by atoms with van der Waals surface area (Å²) in [6, 6.07) is 10.4. The molecule has 0 radical (unpaired) electrons. The first-order valence-electron chi connectivity index (χ1n) is 12.8. The van der Waals surface area contributed by atoms with E-state index in [1.807, 2.05) is 13.8 Å². The fraction of sp³-hybridized carbons (Fsp3) is 0.433. The van der Waals surface area contributed by atoms with Crippen LogP contribution in [0.25, 0.3) is 0 Å². The Bertz CT molecular complexity index is 1300. The molecule has 37 heavy (non-hydrogen) atoms. The molecule has 194 valence electrons. The van der Waals surface area contributed by atoms with Crippen molar-refractivity contribution in [2.75, 3.05) is 0 Å². The van der Waals surface area contributed by atoms with Crippen LogP contribution in [0.3, 0.4) is 0 Å². The second-order valence-corrected chi connectivity index (χ2v) is 11.2. The van der Waals surface area contributed by atoms with Crippen LogP contribution in [-0.2, 0) is 11.0 Å². The lowest BCUT2D eigenvalue weighted by Gasteiger charge is -2.42. The van der Waals surface area contributed by atoms with E-state index in [0.29, 0.717) is 23.4 Å². The molecule has 0 saturated heterocycles. The van der Waals surface area contributed by atoms with Crippen molar-refractivity contribution in [2.24, 2.45) is 22.2 Å². The third-order valence-electron chi connectivity index (χ3n) is 7.90. The van der Waals surface area contributed by atoms with E-state index in [1.165, 1.54) is 42.5 Å². The highest BCUT2D eigenvalue weighted by Gasteiger charge is 2.49. The Hall–Kier alpha value is -3.09. The summed E-state index contributed by atoms with van der Waals surface area (Å²) in [7, 11) is 0. The van der Waals surface area contributed by atoms with Gasteiger partial charge in [0.2, 0.25) is 0 Å². The topological polar surface area (TPSA) is 46.5 Å². The molecule has 2 aromatic rings. The quantitative estimate of drug-likeness (QED) is 0.312. The summed E-state index contributed by atoms with van der Waals surface area (Å²) in [6.45, 7) is 3.99. The number of Topliss-reactive ketones (excluding diaryl/α,β-unsaturated/α-hetero) is 2. The van der Waals surface area contributed by atoms with Crippen molar-refractivity contribution in [3.63, 3.8) is 0 Å². The molecule has 0 N–H and O–H groups in total. The Kier molecular flexibility index (Phi) is 6.45. The average molecular weight is 512 g/mol. The highest BCUT2D eigenvalue weighted by Crippen LogP contribution is 2.50. The molecule has 2 saturated carbocycles. The minimum absolute atomic E-state index is 0.0754. The standard InChI is InChI=1S/C30H29F4NO2/c1-29(2)15-22-25(23(36)16-29)24(17-11-13-19(31)14-12-17)26(27(35-22)18-7-3-4-8-18)28(37)20-9-5-6-10-21(20)30(32,33)34/h5-6,9-14,18,24-25H,3-4,7-8,15-16H2,1-2H3. The molecule has 5 rings (SSSR count). The Morgan fingerprint density at radius 2 is 1.59 bits per heavy atom. The van der Waals surface area contributed by atoms with E-state index >= 15 is 0 Å². The van der Waals surface area contributed by atoms with Crippen molar-refractivity contribution in [1.29, 1.82) is 0 Å². The van der Waals surface area contributed by atoms with Crippen LogP contribution in [0.15, 0.2) is 64.8 Å². The summed E-state index contributed by atoms with van der Waals surface area (Å²) < 4.78 is 55.8. The molecule has 1 aliphatic heterocycles. The highest BCUT2D eigenvalue weighted by molar-refractivity contribution is 6.17. The van der Waals surface area contributed by atoms with Crippen LogP contribution in [0.2, 0.25) is 0 Å². The fourth-order valence-electron chi connectivity index (χ4n) is 6.33. The number of rotatable bonds is 4. The zero-order valence-electron chi connectivity index (χ0n) is 20.9. The van der Waals surface area contributed by atoms with Crippen molar-refractivity contribution in [3.8, 4) is 0 Å². The number of ketones is 2. The number of hydrogen-bond donors (Lipinski definition) is 0. The van der Waals surface area contributed by atoms with Gasteiger partial charge in [-0.1, -0.05) is 57.0 Å². The summed E-state index contributed by atoms with van der Waals surface area (Å²) in [5.41, 5.74) is 0.0954. The van der Waals surface area contributed by atoms with Crippen molar-refractivity contribution in [2.45, 2.75) is 64.5 Å². The van der Waals surface area contributed by atoms with Gasteiger partial charge in [-0.3, -0.25) is 14.6 Å². The monoisotopic (exact) mass is 511 g/mol. The Balaban J connectivity index is 1.78. The van der Waals surface area contributed by atoms with E-state index in [2.05, 4.69) is 0 Å². The first-order chi connectivity index (χ1) is 17.5. The molecule has 0 amide bonds. The van der Waals surface area contributed by atoms with E-state index in [4.69, 9.17) is 4.99 Å². The second-order valence-electron chi connectivity index (χ2n) is 11.2. The Labute approximate surface area is 213 Å². The van der Waals surface area contributed by atoms with Crippen LogP contribution < -0.4 is 0 Å². The van der Waals surface area contributed by atoms with E-state index in [-0.39, 0.29) is 29.1 Å². The molecule has 2 fully saturated rings. The minimum Gasteiger partial charge on any atom is -0.299 e. The lowest BCUT2D eigenvalue weighted by molar-refractivity contribution is -0.138. The van der Waals surface area contributed by atoms with Gasteiger partial charge in [0.05, 0.1) is 17.2 Å². The minimum atomic E-state index is -4.72. The van der Waals surface area contributed by atoms with Gasteiger partial charge in [-0.05, 0) is 48.4 Å². The molecular formula is C30H29F4NO2. The molecule has 7 heteroatoms. The number of alkyl halides is 3. The van der Waals surface area contributed by atoms with Gasteiger partial charge in [-0.15, -0.1) is 0 Å². The molecule has 0 bridgehead atoms. The van der Waals surface area contributed by atoms with Crippen LogP contribution in [0.4, 0.5) is 17.6 Å².